The Morgan fingerprint density at radius 3 is 2.54 bits per heavy atom. The third-order valence-electron chi connectivity index (χ3n) is 4.55. The topological polar surface area (TPSA) is 73.6 Å². The maximum atomic E-state index is 12.1. The van der Waals surface area contributed by atoms with Crippen molar-refractivity contribution in [3.8, 4) is 5.75 Å². The minimum Gasteiger partial charge on any atom is -0.489 e. The molecule has 138 valence electrons. The van der Waals surface area contributed by atoms with Gasteiger partial charge < -0.3 is 20.5 Å². The summed E-state index contributed by atoms with van der Waals surface area (Å²) in [5.74, 6) is 0.803. The second-order valence-electron chi connectivity index (χ2n) is 6.52. The van der Waals surface area contributed by atoms with Crippen molar-refractivity contribution < 1.29 is 14.3 Å². The molecule has 0 radical (unpaired) electrons. The molecule has 0 saturated carbocycles. The van der Waals surface area contributed by atoms with Gasteiger partial charge in [0.1, 0.15) is 18.5 Å². The Balaban J connectivity index is 1.38. The second-order valence-corrected chi connectivity index (χ2v) is 6.52. The Kier molecular flexibility index (Phi) is 6.63. The van der Waals surface area contributed by atoms with Crippen LogP contribution >= 0.6 is 0 Å². The molecule has 0 spiro atoms. The van der Waals surface area contributed by atoms with Gasteiger partial charge in [-0.25, -0.2) is 0 Å². The summed E-state index contributed by atoms with van der Waals surface area (Å²) in [6.45, 7) is 1.63. The second kappa shape index (κ2) is 9.36. The summed E-state index contributed by atoms with van der Waals surface area (Å²) < 4.78 is 11.4. The Hall–Kier alpha value is -2.37. The number of ether oxygens (including phenoxy) is 2. The van der Waals surface area contributed by atoms with Crippen molar-refractivity contribution in [2.75, 3.05) is 13.1 Å². The van der Waals surface area contributed by atoms with E-state index >= 15 is 0 Å². The number of hydrogen-bond donors (Lipinski definition) is 2. The van der Waals surface area contributed by atoms with Gasteiger partial charge in [0.05, 0.1) is 6.10 Å². The van der Waals surface area contributed by atoms with Gasteiger partial charge in [-0.05, 0) is 42.5 Å². The van der Waals surface area contributed by atoms with E-state index in [1.54, 1.807) is 0 Å². The van der Waals surface area contributed by atoms with E-state index < -0.39 is 0 Å². The Bertz CT molecular complexity index is 688. The van der Waals surface area contributed by atoms with E-state index in [1.807, 2.05) is 54.6 Å². The van der Waals surface area contributed by atoms with Crippen LogP contribution < -0.4 is 15.8 Å². The third-order valence-corrected chi connectivity index (χ3v) is 4.55. The van der Waals surface area contributed by atoms with Crippen LogP contribution in [0.25, 0.3) is 0 Å². The third kappa shape index (κ3) is 5.31. The first kappa shape index (κ1) is 18.4. The fourth-order valence-electron chi connectivity index (χ4n) is 3.01. The number of carbonyl (C=O) groups is 1. The number of rotatable bonds is 8. The van der Waals surface area contributed by atoms with Gasteiger partial charge in [-0.2, -0.15) is 0 Å². The van der Waals surface area contributed by atoms with E-state index in [9.17, 15) is 4.79 Å². The van der Waals surface area contributed by atoms with E-state index in [1.165, 1.54) is 0 Å². The smallest absolute Gasteiger partial charge is 0.249 e. The zero-order valence-corrected chi connectivity index (χ0v) is 14.9. The van der Waals surface area contributed by atoms with E-state index in [2.05, 4.69) is 5.32 Å². The highest BCUT2D eigenvalue weighted by molar-refractivity contribution is 5.81. The molecule has 5 heteroatoms. The summed E-state index contributed by atoms with van der Waals surface area (Å²) in [4.78, 5) is 12.1. The lowest BCUT2D eigenvalue weighted by molar-refractivity contribution is -0.131. The molecule has 3 N–H and O–H groups in total. The van der Waals surface area contributed by atoms with Crippen molar-refractivity contribution in [2.24, 2.45) is 5.73 Å². The van der Waals surface area contributed by atoms with Gasteiger partial charge in [-0.15, -0.1) is 0 Å². The molecule has 26 heavy (non-hydrogen) atoms. The van der Waals surface area contributed by atoms with Crippen molar-refractivity contribution in [3.05, 3.63) is 65.7 Å². The molecule has 1 amide bonds. The van der Waals surface area contributed by atoms with Crippen LogP contribution in [-0.2, 0) is 22.6 Å². The van der Waals surface area contributed by atoms with Gasteiger partial charge in [-0.1, -0.05) is 42.5 Å². The summed E-state index contributed by atoms with van der Waals surface area (Å²) >= 11 is 0. The molecule has 2 atom stereocenters. The van der Waals surface area contributed by atoms with Crippen molar-refractivity contribution in [3.63, 3.8) is 0 Å². The van der Waals surface area contributed by atoms with Crippen molar-refractivity contribution in [2.45, 2.75) is 38.1 Å². The maximum Gasteiger partial charge on any atom is 0.249 e. The van der Waals surface area contributed by atoms with Crippen molar-refractivity contribution in [1.82, 2.24) is 5.32 Å². The lowest BCUT2D eigenvalue weighted by atomic mass is 10.1. The molecule has 1 saturated heterocycles. The van der Waals surface area contributed by atoms with Crippen LogP contribution in [0.5, 0.6) is 5.75 Å². The molecule has 5 nitrogen and oxygen atoms in total. The maximum absolute atomic E-state index is 12.1. The first-order chi connectivity index (χ1) is 12.7. The average Bonchev–Trinajstić information content (AvgIpc) is 3.17. The molecule has 0 aromatic heterocycles. The van der Waals surface area contributed by atoms with Gasteiger partial charge >= 0.3 is 0 Å². The molecular formula is C21H26N2O3. The van der Waals surface area contributed by atoms with Gasteiger partial charge in [0.15, 0.2) is 0 Å². The summed E-state index contributed by atoms with van der Waals surface area (Å²) in [5.41, 5.74) is 7.87. The molecule has 3 rings (SSSR count). The fourth-order valence-corrected chi connectivity index (χ4v) is 3.01. The molecule has 0 bridgehead atoms. The minimum absolute atomic E-state index is 0.0224. The van der Waals surface area contributed by atoms with E-state index in [4.69, 9.17) is 15.2 Å². The number of nitrogens with two attached hydrogens (primary N) is 1. The zero-order valence-electron chi connectivity index (χ0n) is 14.9. The highest BCUT2D eigenvalue weighted by Gasteiger charge is 2.29. The Labute approximate surface area is 154 Å². The van der Waals surface area contributed by atoms with Crippen LogP contribution in [0.2, 0.25) is 0 Å². The Morgan fingerprint density at radius 2 is 1.85 bits per heavy atom. The van der Waals surface area contributed by atoms with Crippen LogP contribution in [-0.4, -0.2) is 31.2 Å². The monoisotopic (exact) mass is 354 g/mol. The van der Waals surface area contributed by atoms with E-state index in [0.717, 1.165) is 36.1 Å². The van der Waals surface area contributed by atoms with Gasteiger partial charge in [-0.3, -0.25) is 4.79 Å². The van der Waals surface area contributed by atoms with Crippen LogP contribution in [0, 0.1) is 0 Å². The summed E-state index contributed by atoms with van der Waals surface area (Å²) in [6, 6.07) is 18.1. The highest BCUT2D eigenvalue weighted by atomic mass is 16.5. The summed E-state index contributed by atoms with van der Waals surface area (Å²) in [5, 5.41) is 2.94. The number of hydrogen-bond acceptors (Lipinski definition) is 4. The molecule has 1 aliphatic rings. The summed E-state index contributed by atoms with van der Waals surface area (Å²) in [6.07, 6.45) is 2.06. The van der Waals surface area contributed by atoms with Gasteiger partial charge in [0.2, 0.25) is 5.91 Å². The van der Waals surface area contributed by atoms with Crippen LogP contribution in [0.3, 0.4) is 0 Å². The lowest BCUT2D eigenvalue weighted by Crippen LogP contribution is -2.36. The number of nitrogens with one attached hydrogen (secondary N) is 1. The van der Waals surface area contributed by atoms with Gasteiger partial charge in [0.25, 0.3) is 0 Å². The standard InChI is InChI=1S/C21H26N2O3/c22-14-19-10-11-20(26-19)21(24)23-13-12-16-6-8-18(9-7-16)25-15-17-4-2-1-3-5-17/h1-9,19-20H,10-15,22H2,(H,23,24)/t19-,20+/m1/s1. The van der Waals surface area contributed by atoms with E-state index in [-0.39, 0.29) is 18.1 Å². The van der Waals surface area contributed by atoms with Crippen LogP contribution in [0.1, 0.15) is 24.0 Å². The number of amides is 1. The molecule has 0 unspecified atom stereocenters. The normalized spacial score (nSPS) is 19.3. The highest BCUT2D eigenvalue weighted by Crippen LogP contribution is 2.19. The first-order valence-electron chi connectivity index (χ1n) is 9.13. The Morgan fingerprint density at radius 1 is 1.08 bits per heavy atom. The zero-order chi connectivity index (χ0) is 18.2. The lowest BCUT2D eigenvalue weighted by Gasteiger charge is -2.13. The fraction of sp³-hybridized carbons (Fsp3) is 0.381. The van der Waals surface area contributed by atoms with E-state index in [0.29, 0.717) is 19.7 Å². The molecule has 2 aromatic carbocycles. The largest absolute Gasteiger partial charge is 0.489 e. The minimum atomic E-state index is -0.350. The number of carbonyl (C=O) groups excluding carboxylic acids is 1. The van der Waals surface area contributed by atoms with Crippen molar-refractivity contribution in [1.29, 1.82) is 0 Å². The average molecular weight is 354 g/mol. The molecular weight excluding hydrogens is 328 g/mol. The molecule has 1 fully saturated rings. The molecule has 0 aliphatic carbocycles. The predicted molar refractivity (Wildman–Crippen MR) is 101 cm³/mol. The first-order valence-corrected chi connectivity index (χ1v) is 9.13. The van der Waals surface area contributed by atoms with Crippen molar-refractivity contribution >= 4 is 5.91 Å². The quantitative estimate of drug-likeness (QED) is 0.764. The molecule has 2 aromatic rings. The predicted octanol–water partition coefficient (Wildman–Crippen LogP) is 2.43. The molecule has 1 heterocycles. The van der Waals surface area contributed by atoms with Crippen LogP contribution in [0.15, 0.2) is 54.6 Å². The SMILES string of the molecule is NC[C@H]1CC[C@@H](C(=O)NCCc2ccc(OCc3ccccc3)cc2)O1. The van der Waals surface area contributed by atoms with Gasteiger partial charge in [0, 0.05) is 13.1 Å². The van der Waals surface area contributed by atoms with Crippen LogP contribution in [0.4, 0.5) is 0 Å². The summed E-state index contributed by atoms with van der Waals surface area (Å²) in [7, 11) is 0. The number of benzene rings is 2. The molecule has 1 aliphatic heterocycles.